The predicted octanol–water partition coefficient (Wildman–Crippen LogP) is 3.07. The maximum atomic E-state index is 14.0. The molecule has 0 radical (unpaired) electrons. The Morgan fingerprint density at radius 2 is 2.10 bits per heavy atom. The van der Waals surface area contributed by atoms with Crippen LogP contribution < -0.4 is 0 Å². The fraction of sp³-hybridized carbons (Fsp3) is 0.231. The lowest BCUT2D eigenvalue weighted by molar-refractivity contribution is 0.512. The van der Waals surface area contributed by atoms with Crippen molar-refractivity contribution in [2.24, 2.45) is 7.05 Å². The first-order valence-electron chi connectivity index (χ1n) is 6.03. The number of aromatic nitrogens is 4. The van der Waals surface area contributed by atoms with Gasteiger partial charge in [0.2, 0.25) is 0 Å². The van der Waals surface area contributed by atoms with Gasteiger partial charge in [-0.15, -0.1) is 0 Å². The Morgan fingerprint density at radius 1 is 1.35 bits per heavy atom. The van der Waals surface area contributed by atoms with Crippen molar-refractivity contribution in [2.75, 3.05) is 0 Å². The van der Waals surface area contributed by atoms with Crippen molar-refractivity contribution in [3.05, 3.63) is 46.0 Å². The smallest absolute Gasteiger partial charge is 0.184 e. The van der Waals surface area contributed by atoms with Gasteiger partial charge in [-0.3, -0.25) is 4.68 Å². The molecule has 0 aliphatic heterocycles. The maximum absolute atomic E-state index is 14.0. The Labute approximate surface area is 118 Å². The number of hydrogen-bond donors (Lipinski definition) is 1. The maximum Gasteiger partial charge on any atom is 0.184 e. The first-order chi connectivity index (χ1) is 9.49. The number of nitrogens with zero attached hydrogens (tertiary/aromatic N) is 3. The third-order valence-corrected chi connectivity index (χ3v) is 3.81. The summed E-state index contributed by atoms with van der Waals surface area (Å²) in [6.45, 7) is 2.26. The van der Waals surface area contributed by atoms with Gasteiger partial charge in [-0.2, -0.15) is 5.10 Å². The largest absolute Gasteiger partial charge is 0.330 e. The molecule has 0 aliphatic rings. The van der Waals surface area contributed by atoms with Gasteiger partial charge < -0.3 is 9.55 Å². The topological polar surface area (TPSA) is 38.5 Å². The Hall–Kier alpha value is -2.02. The van der Waals surface area contributed by atoms with Crippen molar-refractivity contribution >= 4 is 23.3 Å². The van der Waals surface area contributed by atoms with Crippen molar-refractivity contribution in [1.29, 1.82) is 0 Å². The number of aromatic amines is 1. The monoisotopic (exact) mass is 294 g/mol. The first kappa shape index (κ1) is 13.0. The van der Waals surface area contributed by atoms with Crippen LogP contribution in [0.1, 0.15) is 11.3 Å². The van der Waals surface area contributed by atoms with Gasteiger partial charge in [0.15, 0.2) is 16.4 Å². The summed E-state index contributed by atoms with van der Waals surface area (Å²) in [7, 11) is 1.83. The molecular formula is C13H12F2N4S. The van der Waals surface area contributed by atoms with Crippen LogP contribution in [-0.2, 0) is 13.6 Å². The number of H-pyrrole nitrogens is 1. The summed E-state index contributed by atoms with van der Waals surface area (Å²) in [5.41, 5.74) is 2.50. The van der Waals surface area contributed by atoms with Crippen molar-refractivity contribution in [2.45, 2.75) is 13.5 Å². The summed E-state index contributed by atoms with van der Waals surface area (Å²) in [4.78, 5) is 2.89. The summed E-state index contributed by atoms with van der Waals surface area (Å²) >= 11 is 5.20. The molecule has 20 heavy (non-hydrogen) atoms. The zero-order valence-corrected chi connectivity index (χ0v) is 11.8. The SMILES string of the molecule is Cc1c(Cn2c(=S)[nH]c3ccc(F)c(F)c32)cnn1C. The summed E-state index contributed by atoms with van der Waals surface area (Å²) < 4.78 is 31.0. The Balaban J connectivity index is 2.21. The Bertz CT molecular complexity index is 859. The molecule has 0 saturated heterocycles. The van der Waals surface area contributed by atoms with E-state index in [1.54, 1.807) is 15.4 Å². The predicted molar refractivity (Wildman–Crippen MR) is 74.1 cm³/mol. The quantitative estimate of drug-likeness (QED) is 0.738. The second-order valence-electron chi connectivity index (χ2n) is 4.65. The van der Waals surface area contributed by atoms with Crippen molar-refractivity contribution in [3.63, 3.8) is 0 Å². The van der Waals surface area contributed by atoms with Gasteiger partial charge in [-0.05, 0) is 31.3 Å². The summed E-state index contributed by atoms with van der Waals surface area (Å²) in [5.74, 6) is -1.78. The molecule has 1 N–H and O–H groups in total. The zero-order chi connectivity index (χ0) is 14.4. The average molecular weight is 294 g/mol. The molecule has 0 fully saturated rings. The minimum absolute atomic E-state index is 0.151. The molecule has 2 heterocycles. The van der Waals surface area contributed by atoms with Gasteiger partial charge >= 0.3 is 0 Å². The van der Waals surface area contributed by atoms with E-state index in [4.69, 9.17) is 12.2 Å². The molecule has 3 aromatic rings. The number of imidazole rings is 1. The molecule has 0 amide bonds. The van der Waals surface area contributed by atoms with Gasteiger partial charge in [0, 0.05) is 18.3 Å². The van der Waals surface area contributed by atoms with E-state index in [-0.39, 0.29) is 5.52 Å². The van der Waals surface area contributed by atoms with Crippen molar-refractivity contribution in [1.82, 2.24) is 19.3 Å². The lowest BCUT2D eigenvalue weighted by Crippen LogP contribution is -2.03. The molecule has 0 atom stereocenters. The molecule has 0 spiro atoms. The average Bonchev–Trinajstić information content (AvgIpc) is 2.90. The lowest BCUT2D eigenvalue weighted by Gasteiger charge is -2.05. The van der Waals surface area contributed by atoms with E-state index >= 15 is 0 Å². The highest BCUT2D eigenvalue weighted by molar-refractivity contribution is 7.71. The minimum Gasteiger partial charge on any atom is -0.330 e. The number of aryl methyl sites for hydroxylation is 1. The number of benzene rings is 1. The van der Waals surface area contributed by atoms with Crippen LogP contribution >= 0.6 is 12.2 Å². The minimum atomic E-state index is -0.892. The molecule has 0 saturated carbocycles. The molecule has 0 bridgehead atoms. The zero-order valence-electron chi connectivity index (χ0n) is 10.9. The van der Waals surface area contributed by atoms with Gasteiger partial charge in [0.1, 0.15) is 5.52 Å². The number of nitrogens with one attached hydrogen (secondary N) is 1. The molecule has 4 nitrogen and oxygen atoms in total. The van der Waals surface area contributed by atoms with Crippen LogP contribution in [0.4, 0.5) is 8.78 Å². The number of rotatable bonds is 2. The second-order valence-corrected chi connectivity index (χ2v) is 5.04. The van der Waals surface area contributed by atoms with Gasteiger partial charge in [0.05, 0.1) is 18.3 Å². The molecular weight excluding hydrogens is 282 g/mol. The molecule has 0 aliphatic carbocycles. The van der Waals surface area contributed by atoms with E-state index in [1.807, 2.05) is 14.0 Å². The van der Waals surface area contributed by atoms with Crippen molar-refractivity contribution < 1.29 is 8.78 Å². The molecule has 1 aromatic carbocycles. The third kappa shape index (κ3) is 1.85. The van der Waals surface area contributed by atoms with E-state index in [0.717, 1.165) is 17.3 Å². The van der Waals surface area contributed by atoms with Gasteiger partial charge in [0.25, 0.3) is 0 Å². The summed E-state index contributed by atoms with van der Waals surface area (Å²) in [6.07, 6.45) is 1.70. The van der Waals surface area contributed by atoms with E-state index in [0.29, 0.717) is 16.8 Å². The van der Waals surface area contributed by atoms with Crippen LogP contribution in [0.3, 0.4) is 0 Å². The van der Waals surface area contributed by atoms with Gasteiger partial charge in [-0.25, -0.2) is 8.78 Å². The van der Waals surface area contributed by atoms with Crippen LogP contribution in [0, 0.1) is 23.3 Å². The van der Waals surface area contributed by atoms with E-state index in [1.165, 1.54) is 6.07 Å². The standard InChI is InChI=1S/C13H12F2N4S/c1-7-8(5-16-18(7)2)6-19-12-10(17-13(19)20)4-3-9(14)11(12)15/h3-5H,6H2,1-2H3,(H,17,20). The summed E-state index contributed by atoms with van der Waals surface area (Å²) in [5, 5.41) is 4.14. The van der Waals surface area contributed by atoms with Crippen LogP contribution in [0.5, 0.6) is 0 Å². The molecule has 7 heteroatoms. The fourth-order valence-corrected chi connectivity index (χ4v) is 2.48. The van der Waals surface area contributed by atoms with Crippen LogP contribution in [-0.4, -0.2) is 19.3 Å². The Morgan fingerprint density at radius 3 is 2.75 bits per heavy atom. The molecule has 104 valence electrons. The van der Waals surface area contributed by atoms with Crippen molar-refractivity contribution in [3.8, 4) is 0 Å². The molecule has 2 aromatic heterocycles. The highest BCUT2D eigenvalue weighted by Crippen LogP contribution is 2.22. The van der Waals surface area contributed by atoms with Crippen LogP contribution in [0.2, 0.25) is 0 Å². The first-order valence-corrected chi connectivity index (χ1v) is 6.44. The number of hydrogen-bond acceptors (Lipinski definition) is 2. The second kappa shape index (κ2) is 4.52. The lowest BCUT2D eigenvalue weighted by atomic mass is 10.2. The number of fused-ring (bicyclic) bond motifs is 1. The Kier molecular flexibility index (Phi) is 2.93. The fourth-order valence-electron chi connectivity index (χ4n) is 2.21. The van der Waals surface area contributed by atoms with E-state index in [9.17, 15) is 8.78 Å². The van der Waals surface area contributed by atoms with Gasteiger partial charge in [-0.1, -0.05) is 0 Å². The molecule has 3 rings (SSSR count). The third-order valence-electron chi connectivity index (χ3n) is 3.49. The van der Waals surface area contributed by atoms with E-state index in [2.05, 4.69) is 10.1 Å². The molecule has 0 unspecified atom stereocenters. The number of halogens is 2. The normalized spacial score (nSPS) is 11.4. The summed E-state index contributed by atoms with van der Waals surface area (Å²) in [6, 6.07) is 2.57. The van der Waals surface area contributed by atoms with E-state index < -0.39 is 11.6 Å². The highest BCUT2D eigenvalue weighted by atomic mass is 32.1. The highest BCUT2D eigenvalue weighted by Gasteiger charge is 2.15. The van der Waals surface area contributed by atoms with Crippen LogP contribution in [0.15, 0.2) is 18.3 Å². The van der Waals surface area contributed by atoms with Crippen LogP contribution in [0.25, 0.3) is 11.0 Å².